The smallest absolute Gasteiger partial charge is 0.240 e. The first kappa shape index (κ1) is 14.9. The summed E-state index contributed by atoms with van der Waals surface area (Å²) in [6.07, 6.45) is 0.713. The Bertz CT molecular complexity index is 506. The van der Waals surface area contributed by atoms with Gasteiger partial charge >= 0.3 is 0 Å². The minimum atomic E-state index is -3.58. The van der Waals surface area contributed by atoms with Crippen LogP contribution in [-0.4, -0.2) is 20.7 Å². The molecule has 0 aliphatic heterocycles. The molecule has 0 spiro atoms. The van der Waals surface area contributed by atoms with E-state index in [9.17, 15) is 13.2 Å². The molecule has 4 nitrogen and oxygen atoms in total. The Kier molecular flexibility index (Phi) is 5.04. The van der Waals surface area contributed by atoms with Crippen LogP contribution >= 0.6 is 0 Å². The summed E-state index contributed by atoms with van der Waals surface area (Å²) in [6, 6.07) is 6.52. The van der Waals surface area contributed by atoms with E-state index >= 15 is 0 Å². The summed E-state index contributed by atoms with van der Waals surface area (Å²) in [5, 5.41) is 0. The maximum Gasteiger partial charge on any atom is 0.240 e. The molecule has 0 saturated heterocycles. The number of sulfonamides is 1. The van der Waals surface area contributed by atoms with Gasteiger partial charge in [-0.15, -0.1) is 0 Å². The van der Waals surface area contributed by atoms with Gasteiger partial charge in [0.2, 0.25) is 10.0 Å². The average Bonchev–Trinajstić information content (AvgIpc) is 2.35. The van der Waals surface area contributed by atoms with Crippen LogP contribution in [0.4, 0.5) is 0 Å². The Labute approximate surface area is 108 Å². The van der Waals surface area contributed by atoms with Crippen LogP contribution in [0.3, 0.4) is 0 Å². The number of carbonyl (C=O) groups excluding carboxylic acids is 1. The van der Waals surface area contributed by atoms with E-state index in [1.54, 1.807) is 19.1 Å². The molecule has 1 unspecified atom stereocenters. The van der Waals surface area contributed by atoms with Crippen LogP contribution in [0.25, 0.3) is 0 Å². The Morgan fingerprint density at radius 2 is 1.83 bits per heavy atom. The van der Waals surface area contributed by atoms with Crippen LogP contribution in [0.5, 0.6) is 0 Å². The number of hydrogen-bond acceptors (Lipinski definition) is 3. The molecule has 0 aliphatic rings. The van der Waals surface area contributed by atoms with Crippen molar-refractivity contribution in [2.75, 3.05) is 6.54 Å². The molecule has 5 heteroatoms. The predicted molar refractivity (Wildman–Crippen MR) is 70.8 cm³/mol. The van der Waals surface area contributed by atoms with Crippen molar-refractivity contribution in [2.45, 2.75) is 32.1 Å². The first-order valence-electron chi connectivity index (χ1n) is 5.96. The molecule has 0 fully saturated rings. The number of aryl methyl sites for hydroxylation is 1. The highest BCUT2D eigenvalue weighted by molar-refractivity contribution is 7.89. The van der Waals surface area contributed by atoms with Gasteiger partial charge in [-0.05, 0) is 25.5 Å². The number of carbonyl (C=O) groups is 1. The van der Waals surface area contributed by atoms with Gasteiger partial charge in [-0.25, -0.2) is 13.1 Å². The average molecular weight is 269 g/mol. The third-order valence-corrected chi connectivity index (χ3v) is 4.35. The number of hydrogen-bond donors (Lipinski definition) is 1. The van der Waals surface area contributed by atoms with Gasteiger partial charge in [-0.2, -0.15) is 0 Å². The van der Waals surface area contributed by atoms with Crippen LogP contribution in [0.15, 0.2) is 29.2 Å². The summed E-state index contributed by atoms with van der Waals surface area (Å²) in [4.78, 5) is 11.8. The zero-order valence-corrected chi connectivity index (χ0v) is 11.8. The lowest BCUT2D eigenvalue weighted by atomic mass is 10.0. The van der Waals surface area contributed by atoms with Gasteiger partial charge in [0.1, 0.15) is 5.78 Å². The van der Waals surface area contributed by atoms with Crippen molar-refractivity contribution in [3.63, 3.8) is 0 Å². The van der Waals surface area contributed by atoms with Crippen LogP contribution in [0.2, 0.25) is 0 Å². The van der Waals surface area contributed by atoms with Crippen LogP contribution in [0.1, 0.15) is 25.8 Å². The van der Waals surface area contributed by atoms with Crippen molar-refractivity contribution in [1.29, 1.82) is 0 Å². The SMILES string of the molecule is CCC(C)C(=O)CNS(=O)(=O)c1ccc(C)cc1. The van der Waals surface area contributed by atoms with Gasteiger partial charge < -0.3 is 0 Å². The van der Waals surface area contributed by atoms with Crippen LogP contribution in [-0.2, 0) is 14.8 Å². The van der Waals surface area contributed by atoms with Gasteiger partial charge in [0, 0.05) is 5.92 Å². The Morgan fingerprint density at radius 1 is 1.28 bits per heavy atom. The molecule has 1 N–H and O–H groups in total. The quantitative estimate of drug-likeness (QED) is 0.857. The van der Waals surface area contributed by atoms with E-state index < -0.39 is 10.0 Å². The first-order chi connectivity index (χ1) is 8.36. The maximum atomic E-state index is 11.9. The number of ketones is 1. The van der Waals surface area contributed by atoms with Crippen LogP contribution < -0.4 is 4.72 Å². The minimum absolute atomic E-state index is 0.0896. The van der Waals surface area contributed by atoms with Crippen molar-refractivity contribution in [3.05, 3.63) is 29.8 Å². The third-order valence-electron chi connectivity index (χ3n) is 2.93. The van der Waals surface area contributed by atoms with Crippen molar-refractivity contribution in [3.8, 4) is 0 Å². The van der Waals surface area contributed by atoms with E-state index in [0.717, 1.165) is 5.56 Å². The van der Waals surface area contributed by atoms with Crippen molar-refractivity contribution in [2.24, 2.45) is 5.92 Å². The molecule has 18 heavy (non-hydrogen) atoms. The number of Topliss-reactive ketones (excluding diaryl/α,β-unsaturated/α-hetero) is 1. The summed E-state index contributed by atoms with van der Waals surface area (Å²) in [5.74, 6) is -0.209. The van der Waals surface area contributed by atoms with Gasteiger partial charge in [-0.1, -0.05) is 31.5 Å². The molecular formula is C13H19NO3S. The Morgan fingerprint density at radius 3 is 2.33 bits per heavy atom. The Hall–Kier alpha value is -1.20. The fourth-order valence-electron chi connectivity index (χ4n) is 1.37. The first-order valence-corrected chi connectivity index (χ1v) is 7.44. The molecule has 1 aromatic rings. The van der Waals surface area contributed by atoms with E-state index in [4.69, 9.17) is 0 Å². The predicted octanol–water partition coefficient (Wildman–Crippen LogP) is 1.89. The lowest BCUT2D eigenvalue weighted by molar-refractivity contribution is -0.121. The van der Waals surface area contributed by atoms with Crippen LogP contribution in [0, 0.1) is 12.8 Å². The fourth-order valence-corrected chi connectivity index (χ4v) is 2.36. The van der Waals surface area contributed by atoms with E-state index in [1.165, 1.54) is 12.1 Å². The summed E-state index contributed by atoms with van der Waals surface area (Å²) in [6.45, 7) is 5.43. The molecule has 1 aromatic carbocycles. The van der Waals surface area contributed by atoms with Gasteiger partial charge in [0.05, 0.1) is 11.4 Å². The molecular weight excluding hydrogens is 250 g/mol. The van der Waals surface area contributed by atoms with Crippen molar-refractivity contribution >= 4 is 15.8 Å². The second kappa shape index (κ2) is 6.11. The summed E-state index contributed by atoms with van der Waals surface area (Å²) in [5.41, 5.74) is 0.990. The minimum Gasteiger partial charge on any atom is -0.298 e. The van der Waals surface area contributed by atoms with Gasteiger partial charge in [-0.3, -0.25) is 4.79 Å². The standard InChI is InChI=1S/C13H19NO3S/c1-4-11(3)13(15)9-14-18(16,17)12-7-5-10(2)6-8-12/h5-8,11,14H,4,9H2,1-3H3. The summed E-state index contributed by atoms with van der Waals surface area (Å²) in [7, 11) is -3.58. The van der Waals surface area contributed by atoms with E-state index in [1.807, 2.05) is 13.8 Å². The molecule has 0 saturated carbocycles. The van der Waals surface area contributed by atoms with E-state index in [-0.39, 0.29) is 23.1 Å². The van der Waals surface area contributed by atoms with Crippen molar-refractivity contribution < 1.29 is 13.2 Å². The molecule has 0 bridgehead atoms. The monoisotopic (exact) mass is 269 g/mol. The highest BCUT2D eigenvalue weighted by Gasteiger charge is 2.17. The molecule has 1 atom stereocenters. The summed E-state index contributed by atoms with van der Waals surface area (Å²) < 4.78 is 26.1. The normalized spacial score (nSPS) is 13.3. The van der Waals surface area contributed by atoms with Crippen molar-refractivity contribution in [1.82, 2.24) is 4.72 Å². The lowest BCUT2D eigenvalue weighted by Gasteiger charge is -2.09. The molecule has 0 amide bonds. The number of rotatable bonds is 6. The lowest BCUT2D eigenvalue weighted by Crippen LogP contribution is -2.32. The molecule has 0 aromatic heterocycles. The maximum absolute atomic E-state index is 11.9. The highest BCUT2D eigenvalue weighted by Crippen LogP contribution is 2.10. The van der Waals surface area contributed by atoms with Gasteiger partial charge in [0.25, 0.3) is 0 Å². The van der Waals surface area contributed by atoms with E-state index in [2.05, 4.69) is 4.72 Å². The topological polar surface area (TPSA) is 63.2 Å². The van der Waals surface area contributed by atoms with Gasteiger partial charge in [0.15, 0.2) is 0 Å². The molecule has 0 heterocycles. The zero-order chi connectivity index (χ0) is 13.8. The summed E-state index contributed by atoms with van der Waals surface area (Å²) >= 11 is 0. The molecule has 100 valence electrons. The Balaban J connectivity index is 2.71. The zero-order valence-electron chi connectivity index (χ0n) is 10.9. The second-order valence-electron chi connectivity index (χ2n) is 4.41. The largest absolute Gasteiger partial charge is 0.298 e. The fraction of sp³-hybridized carbons (Fsp3) is 0.462. The third kappa shape index (κ3) is 3.92. The number of benzene rings is 1. The molecule has 1 rings (SSSR count). The second-order valence-corrected chi connectivity index (χ2v) is 6.18. The van der Waals surface area contributed by atoms with E-state index in [0.29, 0.717) is 6.42 Å². The highest BCUT2D eigenvalue weighted by atomic mass is 32.2. The molecule has 0 aliphatic carbocycles. The number of nitrogens with one attached hydrogen (secondary N) is 1. The molecule has 0 radical (unpaired) electrons.